The van der Waals surface area contributed by atoms with E-state index >= 15 is 0 Å². The summed E-state index contributed by atoms with van der Waals surface area (Å²) in [5, 5.41) is 0. The molecule has 5 heteroatoms. The molecule has 0 aliphatic heterocycles. The van der Waals surface area contributed by atoms with Crippen LogP contribution in [0.15, 0.2) is 24.5 Å². The third-order valence-corrected chi connectivity index (χ3v) is 5.73. The Balaban J connectivity index is 0.00000144. The van der Waals surface area contributed by atoms with E-state index < -0.39 is 0 Å². The molecule has 0 unspecified atom stereocenters. The molecule has 0 atom stereocenters. The van der Waals surface area contributed by atoms with Crippen molar-refractivity contribution in [2.45, 2.75) is 44.9 Å². The Labute approximate surface area is 137 Å². The maximum absolute atomic E-state index is 12.3. The van der Waals surface area contributed by atoms with E-state index in [-0.39, 0.29) is 18.3 Å². The number of aromatic nitrogens is 1. The predicted octanol–water partition coefficient (Wildman–Crippen LogP) is 3.55. The molecule has 22 heavy (non-hydrogen) atoms. The number of amides is 1. The summed E-state index contributed by atoms with van der Waals surface area (Å²) < 4.78 is 0. The average molecular weight is 322 g/mol. The zero-order chi connectivity index (χ0) is 14.3. The van der Waals surface area contributed by atoms with Crippen LogP contribution in [0.2, 0.25) is 0 Å². The van der Waals surface area contributed by atoms with Gasteiger partial charge < -0.3 is 0 Å². The van der Waals surface area contributed by atoms with Crippen LogP contribution < -0.4 is 10.9 Å². The number of pyridine rings is 1. The molecule has 4 aliphatic rings. The largest absolute Gasteiger partial charge is 0.299 e. The van der Waals surface area contributed by atoms with Gasteiger partial charge in [0.1, 0.15) is 0 Å². The van der Waals surface area contributed by atoms with Crippen LogP contribution in [0.5, 0.6) is 0 Å². The van der Waals surface area contributed by atoms with Gasteiger partial charge in [0.2, 0.25) is 5.91 Å². The lowest BCUT2D eigenvalue weighted by molar-refractivity contribution is -0.128. The molecule has 1 amide bonds. The molecule has 1 aromatic rings. The Morgan fingerprint density at radius 2 is 1.64 bits per heavy atom. The van der Waals surface area contributed by atoms with Gasteiger partial charge in [0, 0.05) is 18.8 Å². The molecule has 120 valence electrons. The molecule has 5 rings (SSSR count). The van der Waals surface area contributed by atoms with Crippen LogP contribution in [-0.4, -0.2) is 10.9 Å². The molecule has 1 heterocycles. The standard InChI is InChI=1S/C17H23N3O.ClH/c21-16(20-19-15-1-3-18-4-2-15)11-17-8-12-5-13(9-17)7-14(6-12)10-17;/h1-4,12-14H,5-11H2,(H,18,19)(H,20,21);1H. The fourth-order valence-electron chi connectivity index (χ4n) is 5.47. The molecule has 0 aromatic carbocycles. The number of hydrazine groups is 1. The predicted molar refractivity (Wildman–Crippen MR) is 88.5 cm³/mol. The number of halogens is 1. The zero-order valence-corrected chi connectivity index (χ0v) is 13.6. The molecular formula is C17H24ClN3O. The van der Waals surface area contributed by atoms with E-state index in [9.17, 15) is 4.79 Å². The minimum atomic E-state index is 0. The van der Waals surface area contributed by atoms with E-state index in [0.717, 1.165) is 23.4 Å². The van der Waals surface area contributed by atoms with Crippen molar-refractivity contribution in [2.75, 3.05) is 5.43 Å². The molecule has 4 bridgehead atoms. The van der Waals surface area contributed by atoms with Crippen molar-refractivity contribution >= 4 is 24.0 Å². The Morgan fingerprint density at radius 1 is 1.09 bits per heavy atom. The molecule has 1 aromatic heterocycles. The van der Waals surface area contributed by atoms with Crippen molar-refractivity contribution in [3.05, 3.63) is 24.5 Å². The fraction of sp³-hybridized carbons (Fsp3) is 0.647. The number of anilines is 1. The lowest BCUT2D eigenvalue weighted by atomic mass is 9.49. The summed E-state index contributed by atoms with van der Waals surface area (Å²) >= 11 is 0. The first kappa shape index (κ1) is 15.6. The Kier molecular flexibility index (Phi) is 4.31. The second-order valence-corrected chi connectivity index (χ2v) is 7.50. The second kappa shape index (κ2) is 6.07. The number of carbonyl (C=O) groups excluding carboxylic acids is 1. The highest BCUT2D eigenvalue weighted by Crippen LogP contribution is 2.61. The van der Waals surface area contributed by atoms with Crippen LogP contribution in [0.1, 0.15) is 44.9 Å². The Morgan fingerprint density at radius 3 is 2.18 bits per heavy atom. The molecule has 0 spiro atoms. The number of hydrogen-bond acceptors (Lipinski definition) is 3. The summed E-state index contributed by atoms with van der Waals surface area (Å²) in [6.45, 7) is 0. The minimum Gasteiger partial charge on any atom is -0.299 e. The topological polar surface area (TPSA) is 54.0 Å². The molecule has 0 radical (unpaired) electrons. The van der Waals surface area contributed by atoms with E-state index in [2.05, 4.69) is 15.8 Å². The highest BCUT2D eigenvalue weighted by molar-refractivity contribution is 5.85. The highest BCUT2D eigenvalue weighted by Gasteiger charge is 2.51. The van der Waals surface area contributed by atoms with E-state index in [1.54, 1.807) is 12.4 Å². The molecular weight excluding hydrogens is 298 g/mol. The number of rotatable bonds is 4. The lowest BCUT2D eigenvalue weighted by Gasteiger charge is -2.56. The first-order valence-electron chi connectivity index (χ1n) is 8.16. The summed E-state index contributed by atoms with van der Waals surface area (Å²) in [5.41, 5.74) is 7.03. The monoisotopic (exact) mass is 321 g/mol. The van der Waals surface area contributed by atoms with Crippen molar-refractivity contribution in [3.63, 3.8) is 0 Å². The molecule has 4 saturated carbocycles. The average Bonchev–Trinajstić information content (AvgIpc) is 2.44. The molecule has 4 fully saturated rings. The van der Waals surface area contributed by atoms with Gasteiger partial charge in [-0.1, -0.05) is 0 Å². The van der Waals surface area contributed by atoms with Crippen molar-refractivity contribution in [2.24, 2.45) is 23.2 Å². The van der Waals surface area contributed by atoms with Gasteiger partial charge in [-0.25, -0.2) is 0 Å². The van der Waals surface area contributed by atoms with E-state index in [1.807, 2.05) is 12.1 Å². The van der Waals surface area contributed by atoms with Gasteiger partial charge in [-0.3, -0.25) is 20.6 Å². The number of nitrogens with one attached hydrogen (secondary N) is 2. The van der Waals surface area contributed by atoms with Gasteiger partial charge in [-0.2, -0.15) is 0 Å². The van der Waals surface area contributed by atoms with E-state index in [1.165, 1.54) is 38.5 Å². The number of nitrogens with zero attached hydrogens (tertiary/aromatic N) is 1. The number of carbonyl (C=O) groups is 1. The SMILES string of the molecule is Cl.O=C(CC12CC3CC(CC(C3)C1)C2)NNc1ccncc1. The summed E-state index contributed by atoms with van der Waals surface area (Å²) in [6.07, 6.45) is 12.2. The molecule has 4 aliphatic carbocycles. The minimum absolute atomic E-state index is 0. The third kappa shape index (κ3) is 3.07. The van der Waals surface area contributed by atoms with Crippen LogP contribution in [0.25, 0.3) is 0 Å². The quantitative estimate of drug-likeness (QED) is 0.834. The first-order valence-corrected chi connectivity index (χ1v) is 8.16. The fourth-order valence-corrected chi connectivity index (χ4v) is 5.47. The van der Waals surface area contributed by atoms with Gasteiger partial charge in [0.15, 0.2) is 0 Å². The van der Waals surface area contributed by atoms with Crippen LogP contribution >= 0.6 is 12.4 Å². The van der Waals surface area contributed by atoms with Crippen LogP contribution in [-0.2, 0) is 4.79 Å². The smallest absolute Gasteiger partial charge is 0.238 e. The zero-order valence-electron chi connectivity index (χ0n) is 12.8. The Bertz CT molecular complexity index is 499. The maximum Gasteiger partial charge on any atom is 0.238 e. The van der Waals surface area contributed by atoms with Crippen molar-refractivity contribution in [3.8, 4) is 0 Å². The van der Waals surface area contributed by atoms with Gasteiger partial charge in [0.05, 0.1) is 5.69 Å². The van der Waals surface area contributed by atoms with Gasteiger partial charge >= 0.3 is 0 Å². The van der Waals surface area contributed by atoms with Crippen LogP contribution in [0.4, 0.5) is 5.69 Å². The second-order valence-electron chi connectivity index (χ2n) is 7.50. The normalized spacial score (nSPS) is 34.8. The summed E-state index contributed by atoms with van der Waals surface area (Å²) in [7, 11) is 0. The third-order valence-electron chi connectivity index (χ3n) is 5.73. The van der Waals surface area contributed by atoms with Gasteiger partial charge in [-0.15, -0.1) is 12.4 Å². The molecule has 4 nitrogen and oxygen atoms in total. The van der Waals surface area contributed by atoms with Crippen molar-refractivity contribution in [1.82, 2.24) is 10.4 Å². The molecule has 0 saturated heterocycles. The summed E-state index contributed by atoms with van der Waals surface area (Å²) in [5.74, 6) is 2.83. The van der Waals surface area contributed by atoms with Crippen molar-refractivity contribution in [1.29, 1.82) is 0 Å². The number of hydrogen-bond donors (Lipinski definition) is 2. The van der Waals surface area contributed by atoms with Gasteiger partial charge in [-0.05, 0) is 73.8 Å². The highest BCUT2D eigenvalue weighted by atomic mass is 35.5. The molecule has 2 N–H and O–H groups in total. The first-order chi connectivity index (χ1) is 10.2. The lowest BCUT2D eigenvalue weighted by Crippen LogP contribution is -2.48. The van der Waals surface area contributed by atoms with Crippen molar-refractivity contribution < 1.29 is 4.79 Å². The van der Waals surface area contributed by atoms with Gasteiger partial charge in [0.25, 0.3) is 0 Å². The van der Waals surface area contributed by atoms with Crippen LogP contribution in [0.3, 0.4) is 0 Å². The van der Waals surface area contributed by atoms with Crippen LogP contribution in [0, 0.1) is 23.2 Å². The summed E-state index contributed by atoms with van der Waals surface area (Å²) in [4.78, 5) is 16.3. The van der Waals surface area contributed by atoms with E-state index in [0.29, 0.717) is 11.8 Å². The van der Waals surface area contributed by atoms with E-state index in [4.69, 9.17) is 0 Å². The maximum atomic E-state index is 12.3. The summed E-state index contributed by atoms with van der Waals surface area (Å²) in [6, 6.07) is 3.70. The Hall–Kier alpha value is -1.29.